The van der Waals surface area contributed by atoms with Gasteiger partial charge in [0.1, 0.15) is 0 Å². The molecule has 0 radical (unpaired) electrons. The van der Waals surface area contributed by atoms with Crippen molar-refractivity contribution in [3.8, 4) is 55.9 Å². The minimum atomic E-state index is 0.860. The first-order valence-corrected chi connectivity index (χ1v) is 19.6. The van der Waals surface area contributed by atoms with E-state index in [2.05, 4.69) is 187 Å². The standard InChI is InChI=1S/C55H36N2/c1-35-10-7-13-39-24-25-41-15-9-19-50(55(41)53(35)39)49-18-8-14-40-26-27-43-34-42(28-29-46(43)54(40)49)45-31-30-44(47-16-5-6-17-48(45)47)36-20-22-38(23-21-36)52-33-32-51(56-57-52)37-11-3-2-4-12-37/h2-34H,1H3. The van der Waals surface area contributed by atoms with E-state index in [-0.39, 0.29) is 0 Å². The number of hydrogen-bond acceptors (Lipinski definition) is 2. The van der Waals surface area contributed by atoms with E-state index < -0.39 is 0 Å². The second-order valence-corrected chi connectivity index (χ2v) is 15.0. The predicted molar refractivity (Wildman–Crippen MR) is 241 cm³/mol. The first kappa shape index (κ1) is 33.0. The lowest BCUT2D eigenvalue weighted by molar-refractivity contribution is 1.04. The smallest absolute Gasteiger partial charge is 0.0930 e. The highest BCUT2D eigenvalue weighted by atomic mass is 15.1. The summed E-state index contributed by atoms with van der Waals surface area (Å²) in [6, 6.07) is 72.5. The first-order valence-electron chi connectivity index (χ1n) is 19.6. The lowest BCUT2D eigenvalue weighted by Crippen LogP contribution is -1.91. The molecule has 10 aromatic carbocycles. The lowest BCUT2D eigenvalue weighted by Gasteiger charge is -2.16. The number of benzene rings is 10. The number of aromatic nitrogens is 2. The molecule has 2 nitrogen and oxygen atoms in total. The minimum absolute atomic E-state index is 0.860. The van der Waals surface area contributed by atoms with Crippen LogP contribution in [0, 0.1) is 6.92 Å². The van der Waals surface area contributed by atoms with Crippen molar-refractivity contribution in [2.24, 2.45) is 0 Å². The average Bonchev–Trinajstić information content (AvgIpc) is 3.28. The maximum atomic E-state index is 4.56. The molecule has 0 aliphatic heterocycles. The van der Waals surface area contributed by atoms with Gasteiger partial charge in [0, 0.05) is 11.1 Å². The van der Waals surface area contributed by atoms with Crippen LogP contribution in [0.5, 0.6) is 0 Å². The fraction of sp³-hybridized carbons (Fsp3) is 0.0182. The van der Waals surface area contributed by atoms with Crippen LogP contribution in [0.3, 0.4) is 0 Å². The molecule has 11 aromatic rings. The van der Waals surface area contributed by atoms with E-state index in [9.17, 15) is 0 Å². The summed E-state index contributed by atoms with van der Waals surface area (Å²) in [5.41, 5.74) is 12.5. The Morgan fingerprint density at radius 2 is 0.789 bits per heavy atom. The van der Waals surface area contributed by atoms with Gasteiger partial charge in [-0.1, -0.05) is 182 Å². The van der Waals surface area contributed by atoms with E-state index in [1.807, 2.05) is 30.3 Å². The Bertz CT molecular complexity index is 3330. The van der Waals surface area contributed by atoms with Crippen molar-refractivity contribution in [2.45, 2.75) is 6.92 Å². The van der Waals surface area contributed by atoms with E-state index >= 15 is 0 Å². The van der Waals surface area contributed by atoms with Crippen molar-refractivity contribution in [2.75, 3.05) is 0 Å². The lowest BCUT2D eigenvalue weighted by atomic mass is 9.87. The monoisotopic (exact) mass is 724 g/mol. The van der Waals surface area contributed by atoms with Crippen molar-refractivity contribution in [1.82, 2.24) is 10.2 Å². The zero-order valence-electron chi connectivity index (χ0n) is 31.4. The highest BCUT2D eigenvalue weighted by molar-refractivity contribution is 6.22. The van der Waals surface area contributed by atoms with Crippen LogP contribution in [0.25, 0.3) is 110 Å². The maximum absolute atomic E-state index is 4.56. The largest absolute Gasteiger partial charge is 0.150 e. The predicted octanol–water partition coefficient (Wildman–Crippen LogP) is 14.9. The van der Waals surface area contributed by atoms with Gasteiger partial charge in [0.05, 0.1) is 11.4 Å². The number of hydrogen-bond donors (Lipinski definition) is 0. The average molecular weight is 725 g/mol. The third-order valence-corrected chi connectivity index (χ3v) is 11.7. The topological polar surface area (TPSA) is 25.8 Å². The normalized spacial score (nSPS) is 11.6. The molecule has 2 heteroatoms. The van der Waals surface area contributed by atoms with Crippen LogP contribution >= 0.6 is 0 Å². The Balaban J connectivity index is 0.987. The molecule has 266 valence electrons. The third-order valence-electron chi connectivity index (χ3n) is 11.7. The van der Waals surface area contributed by atoms with Crippen molar-refractivity contribution < 1.29 is 0 Å². The van der Waals surface area contributed by atoms with Gasteiger partial charge in [-0.3, -0.25) is 0 Å². The second-order valence-electron chi connectivity index (χ2n) is 15.0. The van der Waals surface area contributed by atoms with E-state index in [1.54, 1.807) is 0 Å². The molecule has 0 amide bonds. The molecule has 11 rings (SSSR count). The van der Waals surface area contributed by atoms with Gasteiger partial charge in [0.15, 0.2) is 0 Å². The summed E-state index contributed by atoms with van der Waals surface area (Å²) >= 11 is 0. The molecule has 0 saturated carbocycles. The number of nitrogens with zero attached hydrogens (tertiary/aromatic N) is 2. The first-order chi connectivity index (χ1) is 28.2. The van der Waals surface area contributed by atoms with Crippen LogP contribution in [0.1, 0.15) is 5.56 Å². The minimum Gasteiger partial charge on any atom is -0.150 e. The van der Waals surface area contributed by atoms with E-state index in [0.29, 0.717) is 0 Å². The molecule has 0 unspecified atom stereocenters. The van der Waals surface area contributed by atoms with Crippen LogP contribution in [-0.4, -0.2) is 10.2 Å². The Morgan fingerprint density at radius 3 is 1.46 bits per heavy atom. The molecule has 0 N–H and O–H groups in total. The highest BCUT2D eigenvalue weighted by Gasteiger charge is 2.16. The fourth-order valence-corrected chi connectivity index (χ4v) is 8.94. The van der Waals surface area contributed by atoms with E-state index in [1.165, 1.54) is 92.8 Å². The number of aryl methyl sites for hydroxylation is 1. The van der Waals surface area contributed by atoms with Crippen LogP contribution in [0.15, 0.2) is 200 Å². The van der Waals surface area contributed by atoms with Gasteiger partial charge in [-0.15, -0.1) is 10.2 Å². The summed E-state index contributed by atoms with van der Waals surface area (Å²) in [6.45, 7) is 2.23. The van der Waals surface area contributed by atoms with Crippen LogP contribution in [0.2, 0.25) is 0 Å². The molecule has 0 bridgehead atoms. The third kappa shape index (κ3) is 5.57. The van der Waals surface area contributed by atoms with Gasteiger partial charge >= 0.3 is 0 Å². The van der Waals surface area contributed by atoms with Gasteiger partial charge in [0.2, 0.25) is 0 Å². The Kier molecular flexibility index (Phi) is 7.75. The zero-order valence-corrected chi connectivity index (χ0v) is 31.4. The summed E-state index contributed by atoms with van der Waals surface area (Å²) in [5.74, 6) is 0. The van der Waals surface area contributed by atoms with Gasteiger partial charge in [-0.25, -0.2) is 0 Å². The molecule has 0 spiro atoms. The molecule has 1 aromatic heterocycles. The molecule has 0 aliphatic rings. The summed E-state index contributed by atoms with van der Waals surface area (Å²) in [7, 11) is 0. The highest BCUT2D eigenvalue weighted by Crippen LogP contribution is 2.43. The SMILES string of the molecule is Cc1cccc2ccc3cccc(-c4cccc5ccc6cc(-c7ccc(-c8ccc(-c9ccc(-c%10ccccc%10)nn9)cc8)c8ccccc78)ccc6c45)c3c12. The number of fused-ring (bicyclic) bond motifs is 7. The Hall–Kier alpha value is -7.42. The molecule has 0 saturated heterocycles. The van der Waals surface area contributed by atoms with Gasteiger partial charge in [-0.05, 0) is 118 Å². The quantitative estimate of drug-likeness (QED) is 0.165. The van der Waals surface area contributed by atoms with Crippen molar-refractivity contribution in [1.29, 1.82) is 0 Å². The van der Waals surface area contributed by atoms with E-state index in [4.69, 9.17) is 0 Å². The summed E-state index contributed by atoms with van der Waals surface area (Å²) in [5, 5.41) is 21.8. The van der Waals surface area contributed by atoms with Gasteiger partial charge in [0.25, 0.3) is 0 Å². The zero-order chi connectivity index (χ0) is 37.9. The summed E-state index contributed by atoms with van der Waals surface area (Å²) in [6.07, 6.45) is 0. The molecular formula is C55H36N2. The van der Waals surface area contributed by atoms with Crippen LogP contribution in [-0.2, 0) is 0 Å². The van der Waals surface area contributed by atoms with Crippen molar-refractivity contribution in [3.05, 3.63) is 206 Å². The van der Waals surface area contributed by atoms with E-state index in [0.717, 1.165) is 22.5 Å². The van der Waals surface area contributed by atoms with Crippen LogP contribution < -0.4 is 0 Å². The maximum Gasteiger partial charge on any atom is 0.0930 e. The summed E-state index contributed by atoms with van der Waals surface area (Å²) in [4.78, 5) is 0. The molecular weight excluding hydrogens is 689 g/mol. The Morgan fingerprint density at radius 1 is 0.281 bits per heavy atom. The van der Waals surface area contributed by atoms with Crippen molar-refractivity contribution >= 4 is 53.9 Å². The molecule has 0 aliphatic carbocycles. The molecule has 1 heterocycles. The Labute approximate surface area is 331 Å². The fourth-order valence-electron chi connectivity index (χ4n) is 8.94. The van der Waals surface area contributed by atoms with Crippen LogP contribution in [0.4, 0.5) is 0 Å². The van der Waals surface area contributed by atoms with Gasteiger partial charge < -0.3 is 0 Å². The van der Waals surface area contributed by atoms with Gasteiger partial charge in [-0.2, -0.15) is 0 Å². The molecule has 0 fully saturated rings. The molecule has 0 atom stereocenters. The van der Waals surface area contributed by atoms with Crippen molar-refractivity contribution in [3.63, 3.8) is 0 Å². The molecule has 57 heavy (non-hydrogen) atoms. The summed E-state index contributed by atoms with van der Waals surface area (Å²) < 4.78 is 0. The second kappa shape index (κ2) is 13.4. The number of rotatable bonds is 5.